The van der Waals surface area contributed by atoms with Gasteiger partial charge in [0, 0.05) is 33.5 Å². The molecule has 0 aromatic heterocycles. The Morgan fingerprint density at radius 2 is 1.37 bits per heavy atom. The van der Waals surface area contributed by atoms with Gasteiger partial charge < -0.3 is 30.2 Å². The van der Waals surface area contributed by atoms with Gasteiger partial charge in [0.15, 0.2) is 11.5 Å². The van der Waals surface area contributed by atoms with Crippen molar-refractivity contribution in [2.75, 3.05) is 32.0 Å². The van der Waals surface area contributed by atoms with Crippen molar-refractivity contribution in [3.63, 3.8) is 0 Å². The van der Waals surface area contributed by atoms with Crippen LogP contribution in [0.3, 0.4) is 0 Å². The van der Waals surface area contributed by atoms with Crippen LogP contribution in [-0.2, 0) is 9.59 Å². The SMILES string of the molecule is COc1cc(OC)c(OC)cc1/C=C(/NC(=O)c1ccccc1)C(=O)Nc1cccc(SC(C(=O)Nc2ccc(F)c(Cl)c2)c2ccccc2)c1. The van der Waals surface area contributed by atoms with E-state index in [1.165, 1.54) is 57.4 Å². The largest absolute Gasteiger partial charge is 0.496 e. The second kappa shape index (κ2) is 17.2. The molecule has 3 N–H and O–H groups in total. The van der Waals surface area contributed by atoms with E-state index >= 15 is 0 Å². The third-order valence-electron chi connectivity index (χ3n) is 7.44. The van der Waals surface area contributed by atoms with Crippen LogP contribution in [-0.4, -0.2) is 39.1 Å². The summed E-state index contributed by atoms with van der Waals surface area (Å²) in [6, 6.07) is 31.8. The van der Waals surface area contributed by atoms with E-state index in [1.807, 2.05) is 30.3 Å². The molecule has 1 atom stereocenters. The number of amides is 3. The first kappa shape index (κ1) is 36.5. The Labute approximate surface area is 303 Å². The first-order valence-electron chi connectivity index (χ1n) is 15.5. The lowest BCUT2D eigenvalue weighted by atomic mass is 10.1. The molecule has 5 rings (SSSR count). The first-order chi connectivity index (χ1) is 24.7. The van der Waals surface area contributed by atoms with E-state index in [-0.39, 0.29) is 16.6 Å². The summed E-state index contributed by atoms with van der Waals surface area (Å²) in [5.41, 5.74) is 2.19. The van der Waals surface area contributed by atoms with Crippen molar-refractivity contribution in [2.45, 2.75) is 10.1 Å². The van der Waals surface area contributed by atoms with Gasteiger partial charge in [-0.2, -0.15) is 0 Å². The zero-order chi connectivity index (χ0) is 36.3. The van der Waals surface area contributed by atoms with Gasteiger partial charge in [-0.1, -0.05) is 66.2 Å². The quantitative estimate of drug-likeness (QED) is 0.0825. The molecule has 0 heterocycles. The molecule has 3 amide bonds. The molecule has 0 bridgehead atoms. The Balaban J connectivity index is 1.43. The molecule has 9 nitrogen and oxygen atoms in total. The maximum atomic E-state index is 13.9. The highest BCUT2D eigenvalue weighted by molar-refractivity contribution is 8.00. The number of hydrogen-bond donors (Lipinski definition) is 3. The second-order valence-electron chi connectivity index (χ2n) is 10.8. The van der Waals surface area contributed by atoms with Crippen LogP contribution in [0.5, 0.6) is 17.2 Å². The first-order valence-corrected chi connectivity index (χ1v) is 16.7. The third kappa shape index (κ3) is 9.47. The molecule has 260 valence electrons. The van der Waals surface area contributed by atoms with Crippen LogP contribution in [0.15, 0.2) is 126 Å². The highest BCUT2D eigenvalue weighted by Gasteiger charge is 2.23. The van der Waals surface area contributed by atoms with Crippen molar-refractivity contribution in [3.8, 4) is 17.2 Å². The summed E-state index contributed by atoms with van der Waals surface area (Å²) in [6.45, 7) is 0. The van der Waals surface area contributed by atoms with E-state index in [9.17, 15) is 18.8 Å². The fourth-order valence-corrected chi connectivity index (χ4v) is 6.19. The van der Waals surface area contributed by atoms with Crippen molar-refractivity contribution in [1.82, 2.24) is 5.32 Å². The third-order valence-corrected chi connectivity index (χ3v) is 8.98. The highest BCUT2D eigenvalue weighted by Crippen LogP contribution is 2.38. The zero-order valence-electron chi connectivity index (χ0n) is 27.7. The molecule has 0 aliphatic heterocycles. The predicted octanol–water partition coefficient (Wildman–Crippen LogP) is 8.39. The number of ether oxygens (including phenoxy) is 3. The minimum atomic E-state index is -0.723. The number of halogens is 2. The van der Waals surface area contributed by atoms with Crippen LogP contribution in [0.2, 0.25) is 5.02 Å². The lowest BCUT2D eigenvalue weighted by molar-refractivity contribution is -0.116. The summed E-state index contributed by atoms with van der Waals surface area (Å²) in [6.07, 6.45) is 1.48. The van der Waals surface area contributed by atoms with Crippen LogP contribution < -0.4 is 30.2 Å². The number of carbonyl (C=O) groups is 3. The molecule has 12 heteroatoms. The summed E-state index contributed by atoms with van der Waals surface area (Å²) < 4.78 is 30.1. The molecule has 0 aliphatic rings. The van der Waals surface area contributed by atoms with Gasteiger partial charge in [-0.05, 0) is 66.2 Å². The molecular formula is C39H33ClFN3O6S. The van der Waals surface area contributed by atoms with Crippen LogP contribution in [0.25, 0.3) is 6.08 Å². The van der Waals surface area contributed by atoms with Gasteiger partial charge in [-0.3, -0.25) is 14.4 Å². The van der Waals surface area contributed by atoms with Crippen molar-refractivity contribution in [2.24, 2.45) is 0 Å². The number of carbonyl (C=O) groups excluding carboxylic acids is 3. The molecule has 5 aromatic carbocycles. The standard InChI is InChI=1S/C39H33ClFN3O6S/c1-48-33-23-35(50-3)34(49-2)20-26(33)19-32(44-37(45)25-13-8-5-9-14-25)38(46)42-27-15-10-16-29(21-27)51-36(24-11-6-4-7-12-24)39(47)43-28-17-18-31(41)30(40)22-28/h4-23,36H,1-3H3,(H,42,46)(H,43,47)(H,44,45)/b32-19+. The lowest BCUT2D eigenvalue weighted by Gasteiger charge is -2.18. The molecule has 0 saturated carbocycles. The van der Waals surface area contributed by atoms with Crippen molar-refractivity contribution < 1.29 is 33.0 Å². The fraction of sp³-hybridized carbons (Fsp3) is 0.103. The Hall–Kier alpha value is -5.78. The van der Waals surface area contributed by atoms with Gasteiger partial charge in [0.1, 0.15) is 22.5 Å². The fourth-order valence-electron chi connectivity index (χ4n) is 4.93. The summed E-state index contributed by atoms with van der Waals surface area (Å²) in [7, 11) is 4.45. The molecule has 1 unspecified atom stereocenters. The Bertz CT molecular complexity index is 2060. The van der Waals surface area contributed by atoms with E-state index in [0.29, 0.717) is 44.6 Å². The highest BCUT2D eigenvalue weighted by atomic mass is 35.5. The number of hydrogen-bond acceptors (Lipinski definition) is 7. The van der Waals surface area contributed by atoms with E-state index in [4.69, 9.17) is 25.8 Å². The predicted molar refractivity (Wildman–Crippen MR) is 198 cm³/mol. The minimum absolute atomic E-state index is 0.0769. The van der Waals surface area contributed by atoms with Gasteiger partial charge in [0.2, 0.25) is 5.91 Å². The van der Waals surface area contributed by atoms with Crippen LogP contribution in [0.1, 0.15) is 26.7 Å². The minimum Gasteiger partial charge on any atom is -0.496 e. The molecule has 0 spiro atoms. The van der Waals surface area contributed by atoms with Gasteiger partial charge >= 0.3 is 0 Å². The van der Waals surface area contributed by atoms with E-state index < -0.39 is 22.9 Å². The van der Waals surface area contributed by atoms with Crippen molar-refractivity contribution >= 4 is 58.5 Å². The molecule has 0 fully saturated rings. The zero-order valence-corrected chi connectivity index (χ0v) is 29.3. The van der Waals surface area contributed by atoms with Crippen molar-refractivity contribution in [3.05, 3.63) is 148 Å². The van der Waals surface area contributed by atoms with E-state index in [2.05, 4.69) is 16.0 Å². The van der Waals surface area contributed by atoms with E-state index in [0.717, 1.165) is 5.56 Å². The molecule has 51 heavy (non-hydrogen) atoms. The molecule has 0 aliphatic carbocycles. The van der Waals surface area contributed by atoms with Gasteiger partial charge in [-0.15, -0.1) is 11.8 Å². The smallest absolute Gasteiger partial charge is 0.272 e. The molecule has 5 aromatic rings. The van der Waals surface area contributed by atoms with Gasteiger partial charge in [0.25, 0.3) is 11.8 Å². The number of methoxy groups -OCH3 is 3. The normalized spacial score (nSPS) is 11.6. The molecule has 0 saturated heterocycles. The number of benzene rings is 5. The second-order valence-corrected chi connectivity index (χ2v) is 12.4. The van der Waals surface area contributed by atoms with E-state index in [1.54, 1.807) is 66.7 Å². The Morgan fingerprint density at radius 1 is 0.725 bits per heavy atom. The summed E-state index contributed by atoms with van der Waals surface area (Å²) >= 11 is 7.19. The van der Waals surface area contributed by atoms with Gasteiger partial charge in [0.05, 0.1) is 26.4 Å². The molecule has 0 radical (unpaired) electrons. The lowest BCUT2D eigenvalue weighted by Crippen LogP contribution is -2.30. The monoisotopic (exact) mass is 725 g/mol. The Kier molecular flexibility index (Phi) is 12.3. The van der Waals surface area contributed by atoms with Crippen LogP contribution in [0.4, 0.5) is 15.8 Å². The average Bonchev–Trinajstić information content (AvgIpc) is 3.15. The topological polar surface area (TPSA) is 115 Å². The molecular weight excluding hydrogens is 693 g/mol. The maximum Gasteiger partial charge on any atom is 0.272 e. The summed E-state index contributed by atoms with van der Waals surface area (Å²) in [5, 5.41) is 7.56. The Morgan fingerprint density at radius 3 is 2.04 bits per heavy atom. The summed E-state index contributed by atoms with van der Waals surface area (Å²) in [5.74, 6) is -0.891. The van der Waals surface area contributed by atoms with Crippen LogP contribution in [0, 0.1) is 5.82 Å². The number of nitrogens with one attached hydrogen (secondary N) is 3. The van der Waals surface area contributed by atoms with Crippen LogP contribution >= 0.6 is 23.4 Å². The maximum absolute atomic E-state index is 13.9. The van der Waals surface area contributed by atoms with Gasteiger partial charge in [-0.25, -0.2) is 4.39 Å². The number of rotatable bonds is 13. The van der Waals surface area contributed by atoms with Crippen molar-refractivity contribution in [1.29, 1.82) is 0 Å². The summed E-state index contributed by atoms with van der Waals surface area (Å²) in [4.78, 5) is 41.4. The number of thioether (sulfide) groups is 1. The average molecular weight is 726 g/mol. The number of anilines is 2.